The second kappa shape index (κ2) is 8.52. The summed E-state index contributed by atoms with van der Waals surface area (Å²) in [5, 5.41) is 9.06. The summed E-state index contributed by atoms with van der Waals surface area (Å²) in [7, 11) is -0.874. The lowest BCUT2D eigenvalue weighted by Gasteiger charge is -2.14. The topological polar surface area (TPSA) is 96.7 Å². The van der Waals surface area contributed by atoms with E-state index >= 15 is 0 Å². The molecule has 2 rings (SSSR count). The summed E-state index contributed by atoms with van der Waals surface area (Å²) in [5.74, 6) is -0.410. The molecule has 0 atom stereocenters. The van der Waals surface area contributed by atoms with Gasteiger partial charge in [-0.05, 0) is 47.1 Å². The highest BCUT2D eigenvalue weighted by molar-refractivity contribution is 9.10. The molecule has 0 saturated carbocycles. The predicted octanol–water partition coefficient (Wildman–Crippen LogP) is 3.19. The summed E-state index contributed by atoms with van der Waals surface area (Å²) in [6, 6.07) is 10.5. The number of carbonyl (C=O) groups is 1. The van der Waals surface area contributed by atoms with Gasteiger partial charge in [0.1, 0.15) is 0 Å². The molecule has 0 aliphatic heterocycles. The number of halogens is 1. The van der Waals surface area contributed by atoms with Crippen LogP contribution in [-0.4, -0.2) is 39.4 Å². The van der Waals surface area contributed by atoms with E-state index in [0.29, 0.717) is 16.6 Å². The van der Waals surface area contributed by atoms with E-state index < -0.39 is 16.0 Å². The molecule has 9 heteroatoms. The Morgan fingerprint density at radius 2 is 1.96 bits per heavy atom. The molecule has 0 aromatic heterocycles. The molecule has 0 N–H and O–H groups in total. The highest BCUT2D eigenvalue weighted by atomic mass is 79.9. The second-order valence-corrected chi connectivity index (χ2v) is 8.54. The lowest BCUT2D eigenvalue weighted by Crippen LogP contribution is -2.22. The quantitative estimate of drug-likeness (QED) is 0.493. The Labute approximate surface area is 166 Å². The zero-order valence-electron chi connectivity index (χ0n) is 14.9. The van der Waals surface area contributed by atoms with Crippen LogP contribution in [-0.2, 0) is 10.0 Å². The first-order valence-corrected chi connectivity index (χ1v) is 10.0. The number of hydrogen-bond acceptors (Lipinski definition) is 6. The van der Waals surface area contributed by atoms with E-state index in [1.807, 2.05) is 6.07 Å². The van der Waals surface area contributed by atoms with E-state index in [2.05, 4.69) is 15.9 Å². The molecule has 0 spiro atoms. The van der Waals surface area contributed by atoms with Crippen LogP contribution in [0.2, 0.25) is 0 Å². The van der Waals surface area contributed by atoms with Crippen LogP contribution in [0.4, 0.5) is 0 Å². The van der Waals surface area contributed by atoms with Crippen LogP contribution in [0, 0.1) is 11.3 Å². The summed E-state index contributed by atoms with van der Waals surface area (Å²) in [4.78, 5) is 12.5. The first kappa shape index (κ1) is 20.9. The maximum Gasteiger partial charge on any atom is 0.343 e. The highest BCUT2D eigenvalue weighted by Gasteiger charge is 2.21. The van der Waals surface area contributed by atoms with Crippen LogP contribution < -0.4 is 9.47 Å². The van der Waals surface area contributed by atoms with Crippen LogP contribution >= 0.6 is 15.9 Å². The fourth-order valence-electron chi connectivity index (χ4n) is 2.14. The van der Waals surface area contributed by atoms with Crippen molar-refractivity contribution in [1.82, 2.24) is 4.31 Å². The van der Waals surface area contributed by atoms with Gasteiger partial charge in [-0.2, -0.15) is 5.26 Å². The van der Waals surface area contributed by atoms with E-state index in [-0.39, 0.29) is 22.0 Å². The van der Waals surface area contributed by atoms with Crippen molar-refractivity contribution >= 4 is 31.9 Å². The third-order valence-corrected chi connectivity index (χ3v) is 5.88. The fraction of sp³-hybridized carbons (Fsp3) is 0.222. The Kier molecular flexibility index (Phi) is 6.59. The fourth-order valence-corrected chi connectivity index (χ4v) is 3.61. The molecule has 0 unspecified atom stereocenters. The van der Waals surface area contributed by atoms with Gasteiger partial charge in [0, 0.05) is 20.2 Å². The molecule has 2 aromatic carbocycles. The Morgan fingerprint density at radius 3 is 2.56 bits per heavy atom. The zero-order chi connectivity index (χ0) is 20.2. The summed E-state index contributed by atoms with van der Waals surface area (Å²) in [5.41, 5.74) is 0.404. The molecule has 27 heavy (non-hydrogen) atoms. The molecular weight excluding hydrogens is 436 g/mol. The molecule has 7 nitrogen and oxygen atoms in total. The SMILES string of the molecule is CCOc1cc(C#N)cc(Br)c1OC(=O)c1cccc(S(=O)(=O)N(C)C)c1. The van der Waals surface area contributed by atoms with Crippen molar-refractivity contribution in [2.75, 3.05) is 20.7 Å². The minimum Gasteiger partial charge on any atom is -0.490 e. The average molecular weight is 453 g/mol. The van der Waals surface area contributed by atoms with Gasteiger partial charge in [0.15, 0.2) is 11.5 Å². The van der Waals surface area contributed by atoms with Crippen molar-refractivity contribution in [2.45, 2.75) is 11.8 Å². The molecule has 0 aliphatic carbocycles. The first-order valence-electron chi connectivity index (χ1n) is 7.82. The Morgan fingerprint density at radius 1 is 1.26 bits per heavy atom. The van der Waals surface area contributed by atoms with E-state index in [4.69, 9.17) is 14.7 Å². The van der Waals surface area contributed by atoms with Crippen LogP contribution in [0.25, 0.3) is 0 Å². The lowest BCUT2D eigenvalue weighted by molar-refractivity contribution is 0.0727. The van der Waals surface area contributed by atoms with Gasteiger partial charge in [0.2, 0.25) is 10.0 Å². The van der Waals surface area contributed by atoms with Crippen molar-refractivity contribution in [2.24, 2.45) is 0 Å². The monoisotopic (exact) mass is 452 g/mol. The van der Waals surface area contributed by atoms with Crippen molar-refractivity contribution < 1.29 is 22.7 Å². The van der Waals surface area contributed by atoms with E-state index in [0.717, 1.165) is 4.31 Å². The van der Waals surface area contributed by atoms with Crippen LogP contribution in [0.3, 0.4) is 0 Å². The maximum absolute atomic E-state index is 12.6. The van der Waals surface area contributed by atoms with Gasteiger partial charge in [-0.3, -0.25) is 0 Å². The number of nitrogens with zero attached hydrogens (tertiary/aromatic N) is 2. The second-order valence-electron chi connectivity index (χ2n) is 5.53. The first-order chi connectivity index (χ1) is 12.7. The van der Waals surface area contributed by atoms with Gasteiger partial charge in [0.25, 0.3) is 0 Å². The standard InChI is InChI=1S/C18H17BrN2O5S/c1-4-25-16-9-12(11-20)8-15(19)17(16)26-18(22)13-6-5-7-14(10-13)27(23,24)21(2)3/h5-10H,4H2,1-3H3. The number of benzene rings is 2. The minimum atomic E-state index is -3.68. The van der Waals surface area contributed by atoms with Crippen molar-refractivity contribution in [3.05, 3.63) is 52.0 Å². The number of ether oxygens (including phenoxy) is 2. The summed E-state index contributed by atoms with van der Waals surface area (Å²) in [6.45, 7) is 2.07. The van der Waals surface area contributed by atoms with Crippen LogP contribution in [0.15, 0.2) is 45.8 Å². The smallest absolute Gasteiger partial charge is 0.343 e. The van der Waals surface area contributed by atoms with Gasteiger partial charge >= 0.3 is 5.97 Å². The van der Waals surface area contributed by atoms with Gasteiger partial charge in [-0.25, -0.2) is 17.5 Å². The molecule has 2 aromatic rings. The largest absolute Gasteiger partial charge is 0.490 e. The average Bonchev–Trinajstić information content (AvgIpc) is 2.64. The third kappa shape index (κ3) is 4.66. The number of nitriles is 1. The lowest BCUT2D eigenvalue weighted by atomic mass is 10.2. The number of rotatable bonds is 6. The molecule has 0 heterocycles. The maximum atomic E-state index is 12.6. The van der Waals surface area contributed by atoms with Crippen molar-refractivity contribution in [1.29, 1.82) is 5.26 Å². The molecule has 0 fully saturated rings. The Balaban J connectivity index is 2.40. The van der Waals surface area contributed by atoms with Gasteiger partial charge in [0.05, 0.1) is 33.2 Å². The molecular formula is C18H17BrN2O5S. The molecule has 0 aliphatic rings. The van der Waals surface area contributed by atoms with Crippen LogP contribution in [0.1, 0.15) is 22.8 Å². The zero-order valence-corrected chi connectivity index (χ0v) is 17.3. The molecule has 0 amide bonds. The van der Waals surface area contributed by atoms with Gasteiger partial charge in [-0.1, -0.05) is 6.07 Å². The summed E-state index contributed by atoms with van der Waals surface area (Å²) < 4.78 is 36.8. The number of hydrogen-bond donors (Lipinski definition) is 0. The Hall–Kier alpha value is -2.41. The number of carbonyl (C=O) groups excluding carboxylic acids is 1. The highest BCUT2D eigenvalue weighted by Crippen LogP contribution is 2.37. The van der Waals surface area contributed by atoms with E-state index in [1.165, 1.54) is 50.5 Å². The van der Waals surface area contributed by atoms with Crippen molar-refractivity contribution in [3.63, 3.8) is 0 Å². The third-order valence-electron chi connectivity index (χ3n) is 3.48. The molecule has 0 radical (unpaired) electrons. The van der Waals surface area contributed by atoms with Crippen molar-refractivity contribution in [3.8, 4) is 17.6 Å². The van der Waals surface area contributed by atoms with E-state index in [9.17, 15) is 13.2 Å². The van der Waals surface area contributed by atoms with Crippen LogP contribution in [0.5, 0.6) is 11.5 Å². The normalized spacial score (nSPS) is 11.1. The van der Waals surface area contributed by atoms with Gasteiger partial charge in [-0.15, -0.1) is 0 Å². The Bertz CT molecular complexity index is 1010. The summed E-state index contributed by atoms with van der Waals surface area (Å²) >= 11 is 3.26. The minimum absolute atomic E-state index is 0.0223. The van der Waals surface area contributed by atoms with Gasteiger partial charge < -0.3 is 9.47 Å². The number of sulfonamides is 1. The summed E-state index contributed by atoms with van der Waals surface area (Å²) in [6.07, 6.45) is 0. The molecule has 0 saturated heterocycles. The molecule has 0 bridgehead atoms. The predicted molar refractivity (Wildman–Crippen MR) is 102 cm³/mol. The number of esters is 1. The van der Waals surface area contributed by atoms with E-state index in [1.54, 1.807) is 6.92 Å². The molecule has 142 valence electrons.